The van der Waals surface area contributed by atoms with Gasteiger partial charge in [0.05, 0.1) is 5.70 Å². The molecule has 0 amide bonds. The Labute approximate surface area is 66.8 Å². The third-order valence-corrected chi connectivity index (χ3v) is 1.80. The molecule has 2 nitrogen and oxygen atoms in total. The van der Waals surface area contributed by atoms with Crippen molar-refractivity contribution in [1.29, 1.82) is 0 Å². The molecule has 11 heavy (non-hydrogen) atoms. The number of nitrogens with two attached hydrogens (primary N) is 1. The second kappa shape index (κ2) is 2.22. The average Bonchev–Trinajstić information content (AvgIpc) is 1.81. The number of hydrogen-bond acceptors (Lipinski definition) is 2. The summed E-state index contributed by atoms with van der Waals surface area (Å²) in [6.07, 6.45) is 2.52. The third kappa shape index (κ3) is 1.50. The van der Waals surface area contributed by atoms with Crippen LogP contribution in [0.5, 0.6) is 0 Å². The molecule has 0 saturated heterocycles. The minimum atomic E-state index is -0.0932. The van der Waals surface area contributed by atoms with Crippen LogP contribution in [0, 0.1) is 5.41 Å². The Balaban J connectivity index is 3.04. The fourth-order valence-corrected chi connectivity index (χ4v) is 1.37. The van der Waals surface area contributed by atoms with Crippen molar-refractivity contribution in [3.05, 3.63) is 23.9 Å². The highest BCUT2D eigenvalue weighted by Crippen LogP contribution is 2.32. The molecule has 60 valence electrons. The standard InChI is InChI=1S/C9H13NO/c1-6-4-9(2,3)5-7(10)8(6)11/h5H,1,4,10H2,2-3H3. The van der Waals surface area contributed by atoms with Crippen molar-refractivity contribution in [2.24, 2.45) is 11.1 Å². The molecule has 0 spiro atoms. The largest absolute Gasteiger partial charge is 0.396 e. The maximum absolute atomic E-state index is 11.1. The summed E-state index contributed by atoms with van der Waals surface area (Å²) in [7, 11) is 0. The molecule has 0 saturated carbocycles. The van der Waals surface area contributed by atoms with E-state index >= 15 is 0 Å². The van der Waals surface area contributed by atoms with Crippen LogP contribution in [-0.2, 0) is 4.79 Å². The molecule has 2 N–H and O–H groups in total. The Morgan fingerprint density at radius 3 is 2.64 bits per heavy atom. The van der Waals surface area contributed by atoms with Crippen molar-refractivity contribution >= 4 is 5.78 Å². The summed E-state index contributed by atoms with van der Waals surface area (Å²) in [6, 6.07) is 0. The first kappa shape index (κ1) is 8.05. The van der Waals surface area contributed by atoms with Crippen molar-refractivity contribution < 1.29 is 4.79 Å². The molecule has 0 aliphatic heterocycles. The minimum absolute atomic E-state index is 0.00488. The van der Waals surface area contributed by atoms with Crippen molar-refractivity contribution in [2.45, 2.75) is 20.3 Å². The van der Waals surface area contributed by atoms with Gasteiger partial charge in [-0.05, 0) is 17.4 Å². The zero-order valence-corrected chi connectivity index (χ0v) is 6.98. The van der Waals surface area contributed by atoms with Gasteiger partial charge in [0.15, 0.2) is 0 Å². The van der Waals surface area contributed by atoms with Crippen molar-refractivity contribution in [3.63, 3.8) is 0 Å². The van der Waals surface area contributed by atoms with E-state index in [9.17, 15) is 4.79 Å². The fourth-order valence-electron chi connectivity index (χ4n) is 1.37. The zero-order chi connectivity index (χ0) is 8.65. The van der Waals surface area contributed by atoms with E-state index in [4.69, 9.17) is 5.73 Å². The number of ketones is 1. The van der Waals surface area contributed by atoms with E-state index in [1.165, 1.54) is 0 Å². The molecule has 1 rings (SSSR count). The summed E-state index contributed by atoms with van der Waals surface area (Å²) in [5.41, 5.74) is 6.45. The fraction of sp³-hybridized carbons (Fsp3) is 0.444. The highest BCUT2D eigenvalue weighted by Gasteiger charge is 2.26. The SMILES string of the molecule is C=C1CC(C)(C)C=C(N)C1=O. The summed E-state index contributed by atoms with van der Waals surface area (Å²) >= 11 is 0. The first-order chi connectivity index (χ1) is 4.92. The maximum atomic E-state index is 11.1. The molecule has 0 atom stereocenters. The quantitative estimate of drug-likeness (QED) is 0.531. The zero-order valence-electron chi connectivity index (χ0n) is 6.98. The van der Waals surface area contributed by atoms with E-state index < -0.39 is 0 Å². The van der Waals surface area contributed by atoms with Crippen LogP contribution in [0.2, 0.25) is 0 Å². The van der Waals surface area contributed by atoms with Gasteiger partial charge in [-0.2, -0.15) is 0 Å². The Morgan fingerprint density at radius 1 is 1.64 bits per heavy atom. The first-order valence-corrected chi connectivity index (χ1v) is 3.63. The number of carbonyl (C=O) groups is 1. The van der Waals surface area contributed by atoms with Crippen LogP contribution in [0.4, 0.5) is 0 Å². The smallest absolute Gasteiger partial charge is 0.203 e. The molecule has 0 aromatic heterocycles. The van der Waals surface area contributed by atoms with Gasteiger partial charge in [0.2, 0.25) is 5.78 Å². The Hall–Kier alpha value is -1.05. The lowest BCUT2D eigenvalue weighted by Gasteiger charge is -2.26. The summed E-state index contributed by atoms with van der Waals surface area (Å²) < 4.78 is 0. The van der Waals surface area contributed by atoms with Crippen LogP contribution in [-0.4, -0.2) is 5.78 Å². The van der Waals surface area contributed by atoms with Crippen molar-refractivity contribution in [2.75, 3.05) is 0 Å². The molecule has 1 aliphatic rings. The maximum Gasteiger partial charge on any atom is 0.203 e. The molecule has 0 aromatic rings. The minimum Gasteiger partial charge on any atom is -0.396 e. The van der Waals surface area contributed by atoms with Gasteiger partial charge < -0.3 is 5.73 Å². The second-order valence-electron chi connectivity index (χ2n) is 3.70. The number of hydrogen-bond donors (Lipinski definition) is 1. The van der Waals surface area contributed by atoms with E-state index in [-0.39, 0.29) is 11.2 Å². The molecule has 1 aliphatic carbocycles. The van der Waals surface area contributed by atoms with Crippen LogP contribution in [0.1, 0.15) is 20.3 Å². The number of rotatable bonds is 0. The van der Waals surface area contributed by atoms with Gasteiger partial charge in [-0.3, -0.25) is 4.79 Å². The van der Waals surface area contributed by atoms with Crippen LogP contribution >= 0.6 is 0 Å². The van der Waals surface area contributed by atoms with E-state index in [0.717, 1.165) is 0 Å². The van der Waals surface area contributed by atoms with Crippen molar-refractivity contribution in [1.82, 2.24) is 0 Å². The molecular formula is C9H13NO. The van der Waals surface area contributed by atoms with E-state index in [1.807, 2.05) is 19.9 Å². The lowest BCUT2D eigenvalue weighted by atomic mass is 9.79. The van der Waals surface area contributed by atoms with Crippen LogP contribution < -0.4 is 5.73 Å². The van der Waals surface area contributed by atoms with Crippen molar-refractivity contribution in [3.8, 4) is 0 Å². The Kier molecular flexibility index (Phi) is 1.63. The predicted molar refractivity (Wildman–Crippen MR) is 44.8 cm³/mol. The van der Waals surface area contributed by atoms with Gasteiger partial charge in [0, 0.05) is 0 Å². The lowest BCUT2D eigenvalue weighted by molar-refractivity contribution is -0.113. The highest BCUT2D eigenvalue weighted by molar-refractivity contribution is 6.08. The monoisotopic (exact) mass is 151 g/mol. The average molecular weight is 151 g/mol. The van der Waals surface area contributed by atoms with E-state index in [1.54, 1.807) is 0 Å². The number of allylic oxidation sites excluding steroid dienone is 2. The molecule has 0 aromatic carbocycles. The third-order valence-electron chi connectivity index (χ3n) is 1.80. The highest BCUT2D eigenvalue weighted by atomic mass is 16.1. The van der Waals surface area contributed by atoms with Gasteiger partial charge in [-0.15, -0.1) is 0 Å². The van der Waals surface area contributed by atoms with Gasteiger partial charge >= 0.3 is 0 Å². The summed E-state index contributed by atoms with van der Waals surface area (Å²) in [5.74, 6) is -0.0932. The van der Waals surface area contributed by atoms with Gasteiger partial charge in [-0.25, -0.2) is 0 Å². The summed E-state index contributed by atoms with van der Waals surface area (Å²) in [6.45, 7) is 7.75. The summed E-state index contributed by atoms with van der Waals surface area (Å²) in [5, 5.41) is 0. The van der Waals surface area contributed by atoms with Crippen LogP contribution in [0.15, 0.2) is 23.9 Å². The molecule has 0 radical (unpaired) electrons. The second-order valence-corrected chi connectivity index (χ2v) is 3.70. The van der Waals surface area contributed by atoms with Gasteiger partial charge in [-0.1, -0.05) is 26.5 Å². The molecule has 0 bridgehead atoms. The number of carbonyl (C=O) groups excluding carboxylic acids is 1. The lowest BCUT2D eigenvalue weighted by Crippen LogP contribution is -2.25. The van der Waals surface area contributed by atoms with Crippen LogP contribution in [0.25, 0.3) is 0 Å². The van der Waals surface area contributed by atoms with Gasteiger partial charge in [0.25, 0.3) is 0 Å². The Bertz CT molecular complexity index is 248. The molecule has 0 fully saturated rings. The van der Waals surface area contributed by atoms with Gasteiger partial charge in [0.1, 0.15) is 0 Å². The predicted octanol–water partition coefficient (Wildman–Crippen LogP) is 1.38. The summed E-state index contributed by atoms with van der Waals surface area (Å²) in [4.78, 5) is 11.1. The van der Waals surface area contributed by atoms with E-state index in [2.05, 4.69) is 6.58 Å². The molecule has 0 unspecified atom stereocenters. The first-order valence-electron chi connectivity index (χ1n) is 3.63. The Morgan fingerprint density at radius 2 is 2.18 bits per heavy atom. The molecular weight excluding hydrogens is 138 g/mol. The van der Waals surface area contributed by atoms with E-state index in [0.29, 0.717) is 17.7 Å². The molecule has 0 heterocycles. The topological polar surface area (TPSA) is 43.1 Å². The molecule has 2 heteroatoms. The normalized spacial score (nSPS) is 23.3. The number of Topliss-reactive ketones (excluding diaryl/α,β-unsaturated/α-hetero) is 1. The van der Waals surface area contributed by atoms with Crippen LogP contribution in [0.3, 0.4) is 0 Å².